The summed E-state index contributed by atoms with van der Waals surface area (Å²) in [6, 6.07) is 10.4. The van der Waals surface area contributed by atoms with E-state index in [2.05, 4.69) is 56.0 Å². The second-order valence-corrected chi connectivity index (χ2v) is 5.24. The molecule has 1 saturated carbocycles. The number of rotatable bonds is 6. The van der Waals surface area contributed by atoms with Crippen LogP contribution >= 0.6 is 0 Å². The topological polar surface area (TPSA) is 9.23 Å². The maximum atomic E-state index is 6.18. The van der Waals surface area contributed by atoms with Crippen molar-refractivity contribution in [3.63, 3.8) is 0 Å². The molecule has 1 nitrogen and oxygen atoms in total. The lowest BCUT2D eigenvalue weighted by Crippen LogP contribution is -2.23. The van der Waals surface area contributed by atoms with E-state index in [1.54, 1.807) is 0 Å². The van der Waals surface area contributed by atoms with E-state index in [9.17, 15) is 0 Å². The number of benzene rings is 1. The molecule has 102 valence electrons. The van der Waals surface area contributed by atoms with Gasteiger partial charge >= 0.3 is 0 Å². The first-order valence-electron chi connectivity index (χ1n) is 7.30. The van der Waals surface area contributed by atoms with Gasteiger partial charge in [-0.2, -0.15) is 0 Å². The van der Waals surface area contributed by atoms with Gasteiger partial charge in [0, 0.05) is 11.8 Å². The fourth-order valence-electron chi connectivity index (χ4n) is 2.81. The molecular formula is C18H24O. The molecule has 0 spiro atoms. The van der Waals surface area contributed by atoms with E-state index in [1.807, 2.05) is 6.07 Å². The summed E-state index contributed by atoms with van der Waals surface area (Å²) in [6.45, 7) is 6.84. The third-order valence-electron chi connectivity index (χ3n) is 3.88. The number of allylic oxidation sites excluding steroid dienone is 1. The van der Waals surface area contributed by atoms with Crippen molar-refractivity contribution in [2.75, 3.05) is 0 Å². The minimum atomic E-state index is 0.292. The van der Waals surface area contributed by atoms with E-state index >= 15 is 0 Å². The number of ether oxygens (including phenoxy) is 1. The minimum absolute atomic E-state index is 0.292. The highest BCUT2D eigenvalue weighted by Gasteiger charge is 2.33. The van der Waals surface area contributed by atoms with Crippen molar-refractivity contribution in [1.29, 1.82) is 0 Å². The van der Waals surface area contributed by atoms with Gasteiger partial charge in [-0.3, -0.25) is 0 Å². The third kappa shape index (κ3) is 3.81. The van der Waals surface area contributed by atoms with Gasteiger partial charge in [0.25, 0.3) is 0 Å². The maximum absolute atomic E-state index is 6.18. The minimum Gasteiger partial charge on any atom is -0.372 e. The van der Waals surface area contributed by atoms with E-state index < -0.39 is 0 Å². The molecule has 0 bridgehead atoms. The molecule has 0 N–H and O–H groups in total. The lowest BCUT2D eigenvalue weighted by atomic mass is 10.00. The number of hydrogen-bond donors (Lipinski definition) is 0. The summed E-state index contributed by atoms with van der Waals surface area (Å²) in [7, 11) is 0. The molecule has 0 radical (unpaired) electrons. The van der Waals surface area contributed by atoms with Crippen molar-refractivity contribution >= 4 is 0 Å². The third-order valence-corrected chi connectivity index (χ3v) is 3.88. The first-order valence-corrected chi connectivity index (χ1v) is 7.30. The molecule has 1 aromatic carbocycles. The fraction of sp³-hybridized carbons (Fsp3) is 0.444. The first-order chi connectivity index (χ1) is 9.35. The molecule has 3 atom stereocenters. The first kappa shape index (κ1) is 14.1. The Bertz CT molecular complexity index is 407. The van der Waals surface area contributed by atoms with Crippen molar-refractivity contribution in [3.8, 4) is 0 Å². The van der Waals surface area contributed by atoms with Gasteiger partial charge in [-0.05, 0) is 24.8 Å². The summed E-state index contributed by atoms with van der Waals surface area (Å²) in [5.41, 5.74) is 1.25. The van der Waals surface area contributed by atoms with Gasteiger partial charge in [-0.1, -0.05) is 55.5 Å². The van der Waals surface area contributed by atoms with Crippen molar-refractivity contribution in [3.05, 3.63) is 60.7 Å². The monoisotopic (exact) mass is 256 g/mol. The zero-order valence-electron chi connectivity index (χ0n) is 11.8. The Morgan fingerprint density at radius 2 is 1.95 bits per heavy atom. The normalized spacial score (nSPS) is 26.9. The highest BCUT2D eigenvalue weighted by Crippen LogP contribution is 2.36. The van der Waals surface area contributed by atoms with Crippen LogP contribution in [0.5, 0.6) is 0 Å². The molecule has 1 heteroatoms. The molecule has 19 heavy (non-hydrogen) atoms. The van der Waals surface area contributed by atoms with Gasteiger partial charge in [0.05, 0.1) is 12.7 Å². The average Bonchev–Trinajstić information content (AvgIpc) is 2.86. The van der Waals surface area contributed by atoms with E-state index in [0.717, 1.165) is 6.42 Å². The maximum Gasteiger partial charge on any atom is 0.0721 e. The Kier molecular flexibility index (Phi) is 5.41. The predicted molar refractivity (Wildman–Crippen MR) is 80.9 cm³/mol. The lowest BCUT2D eigenvalue weighted by molar-refractivity contribution is 0.00979. The summed E-state index contributed by atoms with van der Waals surface area (Å²) < 4.78 is 6.18. The second kappa shape index (κ2) is 7.30. The van der Waals surface area contributed by atoms with Gasteiger partial charge in [-0.25, -0.2) is 0 Å². The second-order valence-electron chi connectivity index (χ2n) is 5.24. The van der Waals surface area contributed by atoms with E-state index in [-0.39, 0.29) is 0 Å². The van der Waals surface area contributed by atoms with Crippen LogP contribution in [-0.2, 0) is 11.3 Å². The molecule has 0 aromatic heterocycles. The Balaban J connectivity index is 1.97. The van der Waals surface area contributed by atoms with Crippen molar-refractivity contribution in [2.45, 2.75) is 38.9 Å². The van der Waals surface area contributed by atoms with E-state index in [1.165, 1.54) is 18.4 Å². The molecule has 0 unspecified atom stereocenters. The predicted octanol–water partition coefficient (Wildman–Crippen LogP) is 4.75. The van der Waals surface area contributed by atoms with Crippen molar-refractivity contribution in [1.82, 2.24) is 0 Å². The summed E-state index contributed by atoms with van der Waals surface area (Å²) in [5.74, 6) is 1.04. The van der Waals surface area contributed by atoms with Crippen LogP contribution in [0, 0.1) is 11.8 Å². The molecule has 2 rings (SSSR count). The Hall–Kier alpha value is -1.34. The highest BCUT2D eigenvalue weighted by atomic mass is 16.5. The molecule has 0 aliphatic heterocycles. The van der Waals surface area contributed by atoms with Crippen molar-refractivity contribution in [2.24, 2.45) is 11.8 Å². The zero-order chi connectivity index (χ0) is 13.5. The van der Waals surface area contributed by atoms with Gasteiger partial charge in [0.15, 0.2) is 0 Å². The van der Waals surface area contributed by atoms with Crippen LogP contribution in [0.1, 0.15) is 31.7 Å². The molecule has 1 aliphatic rings. The molecule has 1 aromatic rings. The van der Waals surface area contributed by atoms with E-state index in [0.29, 0.717) is 24.5 Å². The molecule has 1 fully saturated rings. The smallest absolute Gasteiger partial charge is 0.0721 e. The van der Waals surface area contributed by atoms with Crippen LogP contribution < -0.4 is 0 Å². The Morgan fingerprint density at radius 1 is 1.21 bits per heavy atom. The van der Waals surface area contributed by atoms with Crippen LogP contribution in [0.15, 0.2) is 55.1 Å². The van der Waals surface area contributed by atoms with Crippen LogP contribution in [0.3, 0.4) is 0 Å². The van der Waals surface area contributed by atoms with Gasteiger partial charge in [0.2, 0.25) is 0 Å². The van der Waals surface area contributed by atoms with Crippen LogP contribution in [-0.4, -0.2) is 6.10 Å². The Morgan fingerprint density at radius 3 is 2.63 bits per heavy atom. The quantitative estimate of drug-likeness (QED) is 0.667. The summed E-state index contributed by atoms with van der Waals surface area (Å²) in [5, 5.41) is 0. The number of hydrogen-bond acceptors (Lipinski definition) is 1. The molecule has 0 heterocycles. The highest BCUT2D eigenvalue weighted by molar-refractivity contribution is 5.14. The van der Waals surface area contributed by atoms with Gasteiger partial charge in [0.1, 0.15) is 0 Å². The van der Waals surface area contributed by atoms with E-state index in [4.69, 9.17) is 4.74 Å². The van der Waals surface area contributed by atoms with Crippen molar-refractivity contribution < 1.29 is 4.74 Å². The largest absolute Gasteiger partial charge is 0.372 e. The van der Waals surface area contributed by atoms with Gasteiger partial charge in [-0.15, -0.1) is 6.58 Å². The zero-order valence-corrected chi connectivity index (χ0v) is 11.8. The van der Waals surface area contributed by atoms with Crippen LogP contribution in [0.25, 0.3) is 0 Å². The molecule has 0 saturated heterocycles. The average molecular weight is 256 g/mol. The summed E-state index contributed by atoms with van der Waals surface area (Å²) >= 11 is 0. The van der Waals surface area contributed by atoms with Crippen LogP contribution in [0.4, 0.5) is 0 Å². The molecule has 1 aliphatic carbocycles. The molecule has 0 amide bonds. The lowest BCUT2D eigenvalue weighted by Gasteiger charge is -2.22. The fourth-order valence-corrected chi connectivity index (χ4v) is 2.81. The summed E-state index contributed by atoms with van der Waals surface area (Å²) in [6.07, 6.45) is 10.5. The SMILES string of the molecule is C=C[C@@H]1CC[C@H](/C=C/CC)[C@@H]1OCc1ccccc1. The molecular weight excluding hydrogens is 232 g/mol. The summed E-state index contributed by atoms with van der Waals surface area (Å²) in [4.78, 5) is 0. The van der Waals surface area contributed by atoms with Gasteiger partial charge < -0.3 is 4.74 Å². The van der Waals surface area contributed by atoms with Crippen LogP contribution in [0.2, 0.25) is 0 Å². The Labute approximate surface area is 117 Å². The standard InChI is InChI=1S/C18H24O/c1-3-5-11-17-13-12-16(4-2)18(17)19-14-15-9-7-6-8-10-15/h4-11,16-18H,2-3,12-14H2,1H3/b11-5+/t16-,17+,18-/m1/s1.